The van der Waals surface area contributed by atoms with Crippen LogP contribution >= 0.6 is 0 Å². The second-order valence-corrected chi connectivity index (χ2v) is 11.8. The van der Waals surface area contributed by atoms with Crippen molar-refractivity contribution in [1.82, 2.24) is 4.98 Å². The molecule has 0 fully saturated rings. The van der Waals surface area contributed by atoms with E-state index in [-0.39, 0.29) is 0 Å². The van der Waals surface area contributed by atoms with Crippen molar-refractivity contribution < 1.29 is 0 Å². The van der Waals surface area contributed by atoms with E-state index in [1.165, 1.54) is 61.2 Å². The zero-order valence-corrected chi connectivity index (χ0v) is 35.0. The van der Waals surface area contributed by atoms with Crippen molar-refractivity contribution in [2.24, 2.45) is 0 Å². The third-order valence-electron chi connectivity index (χ3n) is 8.10. The van der Waals surface area contributed by atoms with Gasteiger partial charge in [-0.05, 0) is 108 Å². The summed E-state index contributed by atoms with van der Waals surface area (Å²) >= 11 is 0. The normalized spacial score (nSPS) is 11.7. The monoisotopic (exact) mass is 706 g/mol. The van der Waals surface area contributed by atoms with Crippen molar-refractivity contribution in [2.75, 3.05) is 0 Å². The minimum absolute atomic E-state index is 0.965. The maximum Gasteiger partial charge on any atom is 0.00846 e. The van der Waals surface area contributed by atoms with Gasteiger partial charge in [0.2, 0.25) is 0 Å². The van der Waals surface area contributed by atoms with Crippen LogP contribution in [0.3, 0.4) is 0 Å². The number of aromatic nitrogens is 1. The van der Waals surface area contributed by atoms with Crippen molar-refractivity contribution in [3.05, 3.63) is 175 Å². The number of aromatic amines is 1. The molecule has 280 valence electrons. The van der Waals surface area contributed by atoms with Crippen LogP contribution in [0.4, 0.5) is 0 Å². The molecule has 4 aromatic rings. The average molecular weight is 706 g/mol. The first-order valence-electron chi connectivity index (χ1n) is 19.7. The lowest BCUT2D eigenvalue weighted by atomic mass is 9.73. The molecule has 0 radical (unpaired) electrons. The predicted molar refractivity (Wildman–Crippen MR) is 244 cm³/mol. The Morgan fingerprint density at radius 2 is 1.15 bits per heavy atom. The molecule has 53 heavy (non-hydrogen) atoms. The minimum Gasteiger partial charge on any atom is -0.367 e. The highest BCUT2D eigenvalue weighted by molar-refractivity contribution is 6.10. The first kappa shape index (κ1) is 45.9. The van der Waals surface area contributed by atoms with Gasteiger partial charge < -0.3 is 4.98 Å². The van der Waals surface area contributed by atoms with Crippen molar-refractivity contribution in [1.29, 1.82) is 0 Å². The van der Waals surface area contributed by atoms with E-state index in [9.17, 15) is 0 Å². The Bertz CT molecular complexity index is 1840. The highest BCUT2D eigenvalue weighted by Crippen LogP contribution is 2.52. The molecule has 0 atom stereocenters. The molecule has 0 unspecified atom stereocenters. The van der Waals surface area contributed by atoms with Crippen LogP contribution in [0, 0.1) is 0 Å². The number of hydrogen-bond donors (Lipinski definition) is 1. The zero-order chi connectivity index (χ0) is 39.6. The van der Waals surface area contributed by atoms with E-state index in [1.807, 2.05) is 53.8 Å². The molecular formula is C52H67N. The van der Waals surface area contributed by atoms with Gasteiger partial charge >= 0.3 is 0 Å². The van der Waals surface area contributed by atoms with E-state index in [1.54, 1.807) is 0 Å². The smallest absolute Gasteiger partial charge is 0.00846 e. The molecule has 1 aromatic heterocycles. The summed E-state index contributed by atoms with van der Waals surface area (Å²) in [5.74, 6) is 0. The Morgan fingerprint density at radius 3 is 1.62 bits per heavy atom. The van der Waals surface area contributed by atoms with E-state index in [4.69, 9.17) is 0 Å². The summed E-state index contributed by atoms with van der Waals surface area (Å²) in [5.41, 5.74) is 15.7. The Hall–Kier alpha value is -5.14. The van der Waals surface area contributed by atoms with Gasteiger partial charge in [-0.25, -0.2) is 0 Å². The lowest BCUT2D eigenvalue weighted by Crippen LogP contribution is -2.07. The van der Waals surface area contributed by atoms with Crippen molar-refractivity contribution in [3.63, 3.8) is 0 Å². The van der Waals surface area contributed by atoms with Crippen LogP contribution in [0.5, 0.6) is 0 Å². The van der Waals surface area contributed by atoms with Gasteiger partial charge in [0.05, 0.1) is 0 Å². The number of allylic oxidation sites excluding steroid dienone is 15. The maximum atomic E-state index is 4.05. The van der Waals surface area contributed by atoms with Crippen LogP contribution < -0.4 is 0 Å². The van der Waals surface area contributed by atoms with E-state index in [2.05, 4.69) is 187 Å². The van der Waals surface area contributed by atoms with Gasteiger partial charge in [0, 0.05) is 18.0 Å². The maximum absolute atomic E-state index is 4.05. The highest BCUT2D eigenvalue weighted by Gasteiger charge is 2.30. The average Bonchev–Trinajstić information content (AvgIpc) is 3.76. The molecule has 0 aliphatic heterocycles. The second kappa shape index (κ2) is 26.6. The molecule has 0 spiro atoms. The number of hydrogen-bond acceptors (Lipinski definition) is 0. The van der Waals surface area contributed by atoms with E-state index in [0.29, 0.717) is 0 Å². The molecule has 0 amide bonds. The lowest BCUT2D eigenvalue weighted by Gasteiger charge is -2.30. The van der Waals surface area contributed by atoms with Crippen molar-refractivity contribution in [2.45, 2.75) is 95.9 Å². The van der Waals surface area contributed by atoms with Crippen LogP contribution in [-0.2, 0) is 0 Å². The molecule has 1 N–H and O–H groups in total. The van der Waals surface area contributed by atoms with Crippen LogP contribution in [0.25, 0.3) is 50.1 Å². The van der Waals surface area contributed by atoms with Crippen LogP contribution in [0.15, 0.2) is 158 Å². The molecule has 0 bridgehead atoms. The molecule has 1 heteroatoms. The van der Waals surface area contributed by atoms with Crippen LogP contribution in [-0.4, -0.2) is 4.98 Å². The summed E-state index contributed by atoms with van der Waals surface area (Å²) in [6, 6.07) is 24.0. The lowest BCUT2D eigenvalue weighted by molar-refractivity contribution is 0.972. The second-order valence-electron chi connectivity index (χ2n) is 11.8. The fraction of sp³-hybridized carbons (Fsp3) is 0.269. The molecule has 1 nitrogen and oxygen atoms in total. The SMILES string of the molecule is C=C/C=C\C(=C/C=C(C)C)c1c(C(/C=C\C)=C/C=C\C)c(-c2ccccc2)c(-c2cc[nH]c2)c(/C(=C/C)CCC)c1-c1ccccc1.CC.CC.CC. The molecule has 0 aliphatic carbocycles. The summed E-state index contributed by atoms with van der Waals surface area (Å²) in [4.78, 5) is 3.39. The van der Waals surface area contributed by atoms with Gasteiger partial charge in [-0.15, -0.1) is 0 Å². The summed E-state index contributed by atoms with van der Waals surface area (Å²) in [6.07, 6.45) is 30.0. The predicted octanol–water partition coefficient (Wildman–Crippen LogP) is 16.9. The topological polar surface area (TPSA) is 15.8 Å². The number of benzene rings is 3. The van der Waals surface area contributed by atoms with Crippen LogP contribution in [0.1, 0.15) is 113 Å². The van der Waals surface area contributed by atoms with E-state index < -0.39 is 0 Å². The third kappa shape index (κ3) is 12.5. The van der Waals surface area contributed by atoms with Gasteiger partial charge in [0.1, 0.15) is 0 Å². The first-order valence-corrected chi connectivity index (χ1v) is 19.7. The summed E-state index contributed by atoms with van der Waals surface area (Å²) in [7, 11) is 0. The molecule has 1 heterocycles. The minimum atomic E-state index is 0.965. The van der Waals surface area contributed by atoms with Gasteiger partial charge in [-0.1, -0.05) is 195 Å². The summed E-state index contributed by atoms with van der Waals surface area (Å²) in [6.45, 7) is 29.0. The molecule has 0 saturated heterocycles. The number of rotatable bonds is 13. The highest BCUT2D eigenvalue weighted by atomic mass is 14.6. The molecule has 3 aromatic carbocycles. The molecule has 0 saturated carbocycles. The van der Waals surface area contributed by atoms with E-state index in [0.717, 1.165) is 24.0 Å². The van der Waals surface area contributed by atoms with Crippen molar-refractivity contribution >= 4 is 16.7 Å². The summed E-state index contributed by atoms with van der Waals surface area (Å²) < 4.78 is 0. The Morgan fingerprint density at radius 1 is 0.604 bits per heavy atom. The number of nitrogens with one attached hydrogen (secondary N) is 1. The molecule has 0 aliphatic rings. The van der Waals surface area contributed by atoms with Crippen molar-refractivity contribution in [3.8, 4) is 33.4 Å². The third-order valence-corrected chi connectivity index (χ3v) is 8.10. The standard InChI is InChI=1S/C46H49N.3C2H6/c1-8-13-23-36(22-11-4)42-44(38-27-19-16-20-28-38)46(40-31-32-47-33-40)41(35(12-5)21-10-3)43(37-25-17-15-18-26-37)45(42)39(24-14-9-2)30-29-34(6)7;3*1-2/h8-9,11-20,22-33,47H,2,10,21H2,1,3-7H3;3*1-2H3/b13-8-,22-11-,24-14-,35-12+,36-23+,39-30+;;;. The Labute approximate surface area is 324 Å². The quantitative estimate of drug-likeness (QED) is 0.133. The van der Waals surface area contributed by atoms with Gasteiger partial charge in [-0.2, -0.15) is 0 Å². The zero-order valence-electron chi connectivity index (χ0n) is 35.0. The number of H-pyrrole nitrogens is 1. The van der Waals surface area contributed by atoms with Gasteiger partial charge in [0.15, 0.2) is 0 Å². The Balaban J connectivity index is 0.00000222. The fourth-order valence-corrected chi connectivity index (χ4v) is 6.14. The summed E-state index contributed by atoms with van der Waals surface area (Å²) in [5, 5.41) is 0. The largest absolute Gasteiger partial charge is 0.367 e. The van der Waals surface area contributed by atoms with Gasteiger partial charge in [0.25, 0.3) is 0 Å². The molecule has 4 rings (SSSR count). The van der Waals surface area contributed by atoms with E-state index >= 15 is 0 Å². The Kier molecular flexibility index (Phi) is 23.0. The van der Waals surface area contributed by atoms with Crippen LogP contribution in [0.2, 0.25) is 0 Å². The molecular weight excluding hydrogens is 639 g/mol. The first-order chi connectivity index (χ1) is 26.0. The van der Waals surface area contributed by atoms with Gasteiger partial charge in [-0.3, -0.25) is 0 Å². The fourth-order valence-electron chi connectivity index (χ4n) is 6.14.